The Balaban J connectivity index is 1.73. The zero-order valence-electron chi connectivity index (χ0n) is 17.6. The van der Waals surface area contributed by atoms with Crippen LogP contribution >= 0.6 is 0 Å². The second kappa shape index (κ2) is 9.02. The van der Waals surface area contributed by atoms with Crippen molar-refractivity contribution in [2.45, 2.75) is 38.4 Å². The van der Waals surface area contributed by atoms with E-state index in [9.17, 15) is 9.90 Å². The Bertz CT molecular complexity index is 952. The molecule has 0 aromatic heterocycles. The van der Waals surface area contributed by atoms with E-state index in [0.29, 0.717) is 18.8 Å². The molecule has 0 spiro atoms. The molecule has 1 heterocycles. The summed E-state index contributed by atoms with van der Waals surface area (Å²) in [5.41, 5.74) is 6.40. The SMILES string of the molecule is CCO[C@H]1OC(C(=O)NC)=C[C@@H](c2ccc3c(c2)Cc2ccccc2-3)[C@@H]1CCCO. The average Bonchev–Trinajstić information content (AvgIpc) is 3.15. The predicted octanol–water partition coefficient (Wildman–Crippen LogP) is 3.75. The summed E-state index contributed by atoms with van der Waals surface area (Å²) in [6.07, 6.45) is 3.73. The van der Waals surface area contributed by atoms with Gasteiger partial charge in [-0.3, -0.25) is 4.79 Å². The molecule has 30 heavy (non-hydrogen) atoms. The van der Waals surface area contributed by atoms with Crippen LogP contribution in [0.15, 0.2) is 54.3 Å². The van der Waals surface area contributed by atoms with E-state index in [4.69, 9.17) is 9.47 Å². The molecule has 1 amide bonds. The maximum absolute atomic E-state index is 12.4. The lowest BCUT2D eigenvalue weighted by molar-refractivity contribution is -0.166. The van der Waals surface area contributed by atoms with E-state index in [2.05, 4.69) is 47.8 Å². The topological polar surface area (TPSA) is 67.8 Å². The van der Waals surface area contributed by atoms with Gasteiger partial charge in [0.15, 0.2) is 5.76 Å². The molecule has 0 unspecified atom stereocenters. The highest BCUT2D eigenvalue weighted by molar-refractivity contribution is 5.91. The maximum Gasteiger partial charge on any atom is 0.285 e. The van der Waals surface area contributed by atoms with Crippen molar-refractivity contribution in [3.05, 3.63) is 71.0 Å². The highest BCUT2D eigenvalue weighted by atomic mass is 16.7. The molecule has 4 rings (SSSR count). The summed E-state index contributed by atoms with van der Waals surface area (Å²) in [6, 6.07) is 15.1. The number of carbonyl (C=O) groups is 1. The summed E-state index contributed by atoms with van der Waals surface area (Å²) in [6.45, 7) is 2.53. The van der Waals surface area contributed by atoms with Gasteiger partial charge in [0.05, 0.1) is 0 Å². The number of allylic oxidation sites excluding steroid dienone is 1. The third-order valence-corrected chi connectivity index (χ3v) is 6.06. The van der Waals surface area contributed by atoms with Crippen molar-refractivity contribution in [1.29, 1.82) is 0 Å². The number of aliphatic hydroxyl groups excluding tert-OH is 1. The van der Waals surface area contributed by atoms with Crippen LogP contribution in [0, 0.1) is 5.92 Å². The third kappa shape index (κ3) is 3.87. The summed E-state index contributed by atoms with van der Waals surface area (Å²) < 4.78 is 11.8. The number of nitrogens with one attached hydrogen (secondary N) is 1. The van der Waals surface area contributed by atoms with Crippen LogP contribution in [0.1, 0.15) is 42.4 Å². The predicted molar refractivity (Wildman–Crippen MR) is 116 cm³/mol. The van der Waals surface area contributed by atoms with Crippen molar-refractivity contribution >= 4 is 5.91 Å². The molecular formula is C25H29NO4. The average molecular weight is 408 g/mol. The molecular weight excluding hydrogens is 378 g/mol. The van der Waals surface area contributed by atoms with Gasteiger partial charge in [-0.2, -0.15) is 0 Å². The van der Waals surface area contributed by atoms with Crippen LogP contribution in [-0.2, 0) is 20.7 Å². The minimum absolute atomic E-state index is 0.0207. The number of benzene rings is 2. The van der Waals surface area contributed by atoms with E-state index in [1.54, 1.807) is 7.05 Å². The smallest absolute Gasteiger partial charge is 0.285 e. The van der Waals surface area contributed by atoms with Gasteiger partial charge >= 0.3 is 0 Å². The second-order valence-electron chi connectivity index (χ2n) is 7.86. The molecule has 0 fully saturated rings. The first-order valence-electron chi connectivity index (χ1n) is 10.7. The Labute approximate surface area is 177 Å². The quantitative estimate of drug-likeness (QED) is 0.626. The number of rotatable bonds is 7. The van der Waals surface area contributed by atoms with E-state index < -0.39 is 6.29 Å². The van der Waals surface area contributed by atoms with Crippen molar-refractivity contribution in [1.82, 2.24) is 5.32 Å². The Morgan fingerprint density at radius 1 is 1.20 bits per heavy atom. The number of carbonyl (C=O) groups excluding carboxylic acids is 1. The normalized spacial score (nSPS) is 22.0. The molecule has 5 heteroatoms. The second-order valence-corrected chi connectivity index (χ2v) is 7.86. The molecule has 2 N–H and O–H groups in total. The molecule has 0 saturated heterocycles. The maximum atomic E-state index is 12.4. The number of likely N-dealkylation sites (N-methyl/N-ethyl adjacent to an activating group) is 1. The number of ether oxygens (including phenoxy) is 2. The number of hydrogen-bond donors (Lipinski definition) is 2. The van der Waals surface area contributed by atoms with Gasteiger partial charge in [-0.1, -0.05) is 42.5 Å². The van der Waals surface area contributed by atoms with Crippen molar-refractivity contribution in [3.63, 3.8) is 0 Å². The first-order chi connectivity index (χ1) is 14.7. The summed E-state index contributed by atoms with van der Waals surface area (Å²) in [4.78, 5) is 12.4. The lowest BCUT2D eigenvalue weighted by Crippen LogP contribution is -2.38. The minimum Gasteiger partial charge on any atom is -0.459 e. The number of aliphatic hydroxyl groups is 1. The van der Waals surface area contributed by atoms with Gasteiger partial charge in [-0.05, 0) is 60.1 Å². The summed E-state index contributed by atoms with van der Waals surface area (Å²) in [5.74, 6) is 0.0411. The van der Waals surface area contributed by atoms with Gasteiger partial charge in [0.1, 0.15) is 0 Å². The molecule has 0 saturated carbocycles. The molecule has 2 aromatic rings. The molecule has 1 aliphatic heterocycles. The lowest BCUT2D eigenvalue weighted by Gasteiger charge is -2.37. The van der Waals surface area contributed by atoms with Crippen LogP contribution in [0.4, 0.5) is 0 Å². The Morgan fingerprint density at radius 2 is 2.00 bits per heavy atom. The fourth-order valence-electron chi connectivity index (χ4n) is 4.64. The van der Waals surface area contributed by atoms with Crippen LogP contribution in [0.5, 0.6) is 0 Å². The zero-order valence-corrected chi connectivity index (χ0v) is 17.6. The van der Waals surface area contributed by atoms with Crippen LogP contribution in [0.25, 0.3) is 11.1 Å². The van der Waals surface area contributed by atoms with Gasteiger partial charge < -0.3 is 19.9 Å². The molecule has 3 atom stereocenters. The van der Waals surface area contributed by atoms with Gasteiger partial charge in [-0.25, -0.2) is 0 Å². The van der Waals surface area contributed by atoms with E-state index >= 15 is 0 Å². The monoisotopic (exact) mass is 407 g/mol. The Morgan fingerprint density at radius 3 is 2.77 bits per heavy atom. The van der Waals surface area contributed by atoms with Crippen molar-refractivity contribution in [2.75, 3.05) is 20.3 Å². The van der Waals surface area contributed by atoms with Gasteiger partial charge in [0, 0.05) is 32.1 Å². The number of hydrogen-bond acceptors (Lipinski definition) is 4. The van der Waals surface area contributed by atoms with Crippen molar-refractivity contribution in [3.8, 4) is 11.1 Å². The molecule has 0 radical (unpaired) electrons. The summed E-state index contributed by atoms with van der Waals surface area (Å²) in [5, 5.41) is 12.1. The largest absolute Gasteiger partial charge is 0.459 e. The van der Waals surface area contributed by atoms with Crippen molar-refractivity contribution in [2.24, 2.45) is 5.92 Å². The van der Waals surface area contributed by atoms with E-state index in [1.807, 2.05) is 13.0 Å². The molecule has 158 valence electrons. The Hall–Kier alpha value is -2.63. The number of fused-ring (bicyclic) bond motifs is 3. The van der Waals surface area contributed by atoms with Crippen LogP contribution in [0.3, 0.4) is 0 Å². The zero-order chi connectivity index (χ0) is 21.1. The van der Waals surface area contributed by atoms with Crippen LogP contribution in [0.2, 0.25) is 0 Å². The molecule has 1 aliphatic carbocycles. The Kier molecular flexibility index (Phi) is 6.21. The van der Waals surface area contributed by atoms with Crippen LogP contribution in [-0.4, -0.2) is 37.6 Å². The standard InChI is InChI=1S/C25H29NO4/c1-3-29-25-21(9-6-12-27)22(15-23(30-25)24(28)26-2)17-10-11-20-18(14-17)13-16-7-4-5-8-19(16)20/h4-5,7-8,10-11,14-15,21-22,25,27H,3,6,9,12-13H2,1-2H3,(H,26,28)/t21-,22-,25-/m0/s1. The fourth-order valence-corrected chi connectivity index (χ4v) is 4.64. The minimum atomic E-state index is -0.519. The van der Waals surface area contributed by atoms with Gasteiger partial charge in [0.2, 0.25) is 6.29 Å². The molecule has 2 aromatic carbocycles. The first kappa shape index (κ1) is 20.6. The lowest BCUT2D eigenvalue weighted by atomic mass is 9.80. The molecule has 5 nitrogen and oxygen atoms in total. The third-order valence-electron chi connectivity index (χ3n) is 6.06. The fraction of sp³-hybridized carbons (Fsp3) is 0.400. The summed E-state index contributed by atoms with van der Waals surface area (Å²) >= 11 is 0. The highest BCUT2D eigenvalue weighted by Gasteiger charge is 2.38. The van der Waals surface area contributed by atoms with Gasteiger partial charge in [0.25, 0.3) is 5.91 Å². The highest BCUT2D eigenvalue weighted by Crippen LogP contribution is 2.43. The number of amides is 1. The van der Waals surface area contributed by atoms with Gasteiger partial charge in [-0.15, -0.1) is 0 Å². The first-order valence-corrected chi connectivity index (χ1v) is 10.7. The van der Waals surface area contributed by atoms with E-state index in [-0.39, 0.29) is 24.3 Å². The van der Waals surface area contributed by atoms with Crippen LogP contribution < -0.4 is 5.32 Å². The molecule has 0 bridgehead atoms. The summed E-state index contributed by atoms with van der Waals surface area (Å²) in [7, 11) is 1.60. The van der Waals surface area contributed by atoms with E-state index in [0.717, 1.165) is 18.4 Å². The molecule has 2 aliphatic rings. The van der Waals surface area contributed by atoms with Crippen molar-refractivity contribution < 1.29 is 19.4 Å². The van der Waals surface area contributed by atoms with E-state index in [1.165, 1.54) is 22.3 Å².